The Labute approximate surface area is 169 Å². The van der Waals surface area contributed by atoms with Crippen LogP contribution in [-0.2, 0) is 9.59 Å². The number of nitrogens with zero attached hydrogens (tertiary/aromatic N) is 3. The molecule has 4 unspecified atom stereocenters. The molecule has 3 fully saturated rings. The van der Waals surface area contributed by atoms with E-state index in [0.717, 1.165) is 50.6 Å². The SMILES string of the molecule is CC(N1CCCCC1)N1C(=O)C2CCCC(c3noc4cc(F)ccc34)C2C1=O. The minimum absolute atomic E-state index is 0.0402. The molecule has 1 aliphatic carbocycles. The third-order valence-electron chi connectivity index (χ3n) is 7.08. The molecule has 0 N–H and O–H groups in total. The number of aromatic nitrogens is 1. The lowest BCUT2D eigenvalue weighted by atomic mass is 9.71. The van der Waals surface area contributed by atoms with E-state index in [1.807, 2.05) is 6.92 Å². The van der Waals surface area contributed by atoms with Gasteiger partial charge in [0.25, 0.3) is 0 Å². The molecule has 2 aromatic rings. The van der Waals surface area contributed by atoms with Crippen molar-refractivity contribution in [3.8, 4) is 0 Å². The fourth-order valence-electron chi connectivity index (χ4n) is 5.60. The van der Waals surface area contributed by atoms with E-state index < -0.39 is 5.92 Å². The normalized spacial score (nSPS) is 29.4. The second-order valence-electron chi connectivity index (χ2n) is 8.65. The zero-order chi connectivity index (χ0) is 20.1. The summed E-state index contributed by atoms with van der Waals surface area (Å²) in [7, 11) is 0. The molecule has 154 valence electrons. The van der Waals surface area contributed by atoms with Crippen LogP contribution in [0, 0.1) is 17.7 Å². The number of carbonyl (C=O) groups excluding carboxylic acids is 2. The van der Waals surface area contributed by atoms with E-state index in [-0.39, 0.29) is 35.6 Å². The third kappa shape index (κ3) is 2.98. The number of piperidine rings is 1. The lowest BCUT2D eigenvalue weighted by Crippen LogP contribution is -2.51. The molecule has 5 rings (SSSR count). The molecule has 1 saturated carbocycles. The van der Waals surface area contributed by atoms with E-state index in [4.69, 9.17) is 4.52 Å². The lowest BCUT2D eigenvalue weighted by molar-refractivity contribution is -0.147. The maximum absolute atomic E-state index is 13.5. The predicted molar refractivity (Wildman–Crippen MR) is 104 cm³/mol. The van der Waals surface area contributed by atoms with Crippen LogP contribution in [0.25, 0.3) is 11.0 Å². The van der Waals surface area contributed by atoms with Crippen LogP contribution in [0.2, 0.25) is 0 Å². The zero-order valence-electron chi connectivity index (χ0n) is 16.6. The van der Waals surface area contributed by atoms with Gasteiger partial charge in [-0.25, -0.2) is 4.39 Å². The van der Waals surface area contributed by atoms with Crippen molar-refractivity contribution >= 4 is 22.8 Å². The number of hydrogen-bond acceptors (Lipinski definition) is 5. The summed E-state index contributed by atoms with van der Waals surface area (Å²) in [5, 5.41) is 4.94. The Hall–Kier alpha value is -2.28. The van der Waals surface area contributed by atoms with E-state index in [9.17, 15) is 14.0 Å². The summed E-state index contributed by atoms with van der Waals surface area (Å²) >= 11 is 0. The number of imide groups is 1. The van der Waals surface area contributed by atoms with Gasteiger partial charge in [0.15, 0.2) is 5.58 Å². The van der Waals surface area contributed by atoms with Crippen LogP contribution in [0.4, 0.5) is 4.39 Å². The highest BCUT2D eigenvalue weighted by molar-refractivity contribution is 6.06. The average molecular weight is 399 g/mol. The number of amides is 2. The summed E-state index contributed by atoms with van der Waals surface area (Å²) in [4.78, 5) is 30.5. The molecule has 2 aliphatic heterocycles. The summed E-state index contributed by atoms with van der Waals surface area (Å²) in [6.45, 7) is 3.83. The van der Waals surface area contributed by atoms with Crippen LogP contribution in [0.3, 0.4) is 0 Å². The number of rotatable bonds is 3. The first-order valence-electron chi connectivity index (χ1n) is 10.7. The van der Waals surface area contributed by atoms with Gasteiger partial charge in [-0.05, 0) is 44.7 Å². The highest BCUT2D eigenvalue weighted by Gasteiger charge is 2.55. The quantitative estimate of drug-likeness (QED) is 0.737. The first-order valence-corrected chi connectivity index (χ1v) is 10.7. The Balaban J connectivity index is 1.47. The second kappa shape index (κ2) is 7.20. The Morgan fingerprint density at radius 3 is 2.62 bits per heavy atom. The van der Waals surface area contributed by atoms with Crippen molar-refractivity contribution in [2.45, 2.75) is 57.5 Å². The van der Waals surface area contributed by atoms with Crippen LogP contribution >= 0.6 is 0 Å². The minimum atomic E-state index is -0.401. The molecule has 2 saturated heterocycles. The highest BCUT2D eigenvalue weighted by atomic mass is 19.1. The van der Waals surface area contributed by atoms with Gasteiger partial charge in [-0.1, -0.05) is 18.0 Å². The Morgan fingerprint density at radius 1 is 1.07 bits per heavy atom. The van der Waals surface area contributed by atoms with Crippen molar-refractivity contribution in [1.82, 2.24) is 15.0 Å². The third-order valence-corrected chi connectivity index (χ3v) is 7.08. The van der Waals surface area contributed by atoms with Gasteiger partial charge in [0.1, 0.15) is 5.82 Å². The number of carbonyl (C=O) groups is 2. The molecule has 7 heteroatoms. The number of hydrogen-bond donors (Lipinski definition) is 0. The van der Waals surface area contributed by atoms with Crippen LogP contribution in [-0.4, -0.2) is 46.0 Å². The van der Waals surface area contributed by atoms with Crippen molar-refractivity contribution in [3.63, 3.8) is 0 Å². The van der Waals surface area contributed by atoms with Gasteiger partial charge in [0.05, 0.1) is 23.7 Å². The summed E-state index contributed by atoms with van der Waals surface area (Å²) in [6.07, 6.45) is 5.61. The summed E-state index contributed by atoms with van der Waals surface area (Å²) in [6, 6.07) is 4.36. The molecule has 3 aliphatic rings. The monoisotopic (exact) mass is 399 g/mol. The molecule has 1 aromatic carbocycles. The molecule has 3 heterocycles. The van der Waals surface area contributed by atoms with Gasteiger partial charge < -0.3 is 4.52 Å². The number of fused-ring (bicyclic) bond motifs is 2. The smallest absolute Gasteiger partial charge is 0.235 e. The maximum atomic E-state index is 13.5. The predicted octanol–water partition coefficient (Wildman–Crippen LogP) is 3.67. The zero-order valence-corrected chi connectivity index (χ0v) is 16.6. The molecule has 4 atom stereocenters. The highest BCUT2D eigenvalue weighted by Crippen LogP contribution is 2.48. The first kappa shape index (κ1) is 18.7. The van der Waals surface area contributed by atoms with Gasteiger partial charge in [0.2, 0.25) is 11.8 Å². The van der Waals surface area contributed by atoms with E-state index in [1.165, 1.54) is 23.5 Å². The van der Waals surface area contributed by atoms with Crippen LogP contribution in [0.1, 0.15) is 57.1 Å². The van der Waals surface area contributed by atoms with E-state index >= 15 is 0 Å². The van der Waals surface area contributed by atoms with Gasteiger partial charge in [0, 0.05) is 30.5 Å². The number of halogens is 1. The number of benzene rings is 1. The van der Waals surface area contributed by atoms with Gasteiger partial charge in [-0.15, -0.1) is 0 Å². The molecular formula is C22H26FN3O3. The lowest BCUT2D eigenvalue weighted by Gasteiger charge is -2.36. The molecule has 2 amide bonds. The molecule has 0 spiro atoms. The van der Waals surface area contributed by atoms with Crippen molar-refractivity contribution in [1.29, 1.82) is 0 Å². The topological polar surface area (TPSA) is 66.7 Å². The average Bonchev–Trinajstić information content (AvgIpc) is 3.27. The summed E-state index contributed by atoms with van der Waals surface area (Å²) < 4.78 is 18.9. The van der Waals surface area contributed by atoms with Crippen LogP contribution in [0.15, 0.2) is 22.7 Å². The Kier molecular flexibility index (Phi) is 4.65. The van der Waals surface area contributed by atoms with Crippen LogP contribution < -0.4 is 0 Å². The van der Waals surface area contributed by atoms with E-state index in [1.54, 1.807) is 6.07 Å². The summed E-state index contributed by atoms with van der Waals surface area (Å²) in [5.41, 5.74) is 1.07. The largest absolute Gasteiger partial charge is 0.356 e. The van der Waals surface area contributed by atoms with Crippen LogP contribution in [0.5, 0.6) is 0 Å². The van der Waals surface area contributed by atoms with Crippen molar-refractivity contribution in [3.05, 3.63) is 29.7 Å². The second-order valence-corrected chi connectivity index (χ2v) is 8.65. The van der Waals surface area contributed by atoms with Gasteiger partial charge in [-0.2, -0.15) is 0 Å². The Morgan fingerprint density at radius 2 is 1.83 bits per heavy atom. The van der Waals surface area contributed by atoms with E-state index in [2.05, 4.69) is 10.1 Å². The molecule has 6 nitrogen and oxygen atoms in total. The maximum Gasteiger partial charge on any atom is 0.235 e. The molecular weight excluding hydrogens is 373 g/mol. The van der Waals surface area contributed by atoms with Crippen molar-refractivity contribution < 1.29 is 18.5 Å². The minimum Gasteiger partial charge on any atom is -0.356 e. The van der Waals surface area contributed by atoms with Gasteiger partial charge >= 0.3 is 0 Å². The van der Waals surface area contributed by atoms with Crippen molar-refractivity contribution in [2.24, 2.45) is 11.8 Å². The van der Waals surface area contributed by atoms with Crippen molar-refractivity contribution in [2.75, 3.05) is 13.1 Å². The Bertz CT molecular complexity index is 952. The molecule has 1 aromatic heterocycles. The molecule has 29 heavy (non-hydrogen) atoms. The summed E-state index contributed by atoms with van der Waals surface area (Å²) in [5.74, 6) is -1.36. The molecule has 0 bridgehead atoms. The fourth-order valence-corrected chi connectivity index (χ4v) is 5.60. The van der Waals surface area contributed by atoms with E-state index in [0.29, 0.717) is 11.3 Å². The number of likely N-dealkylation sites (tertiary alicyclic amines) is 2. The standard InChI is InChI=1S/C22H26FN3O3/c1-13(25-10-3-2-4-11-25)26-21(27)17-7-5-6-16(19(17)22(26)28)20-15-9-8-14(23)12-18(15)29-24-20/h8-9,12-13,16-17,19H,2-7,10-11H2,1H3. The fraction of sp³-hybridized carbons (Fsp3) is 0.591. The molecule has 0 radical (unpaired) electrons. The van der Waals surface area contributed by atoms with Gasteiger partial charge in [-0.3, -0.25) is 19.4 Å². The first-order chi connectivity index (χ1) is 14.1.